The van der Waals surface area contributed by atoms with E-state index in [4.69, 9.17) is 21.1 Å². The average molecular weight is 553 g/mol. The first-order valence-corrected chi connectivity index (χ1v) is 13.5. The van der Waals surface area contributed by atoms with Crippen molar-refractivity contribution in [2.45, 2.75) is 60.2 Å². The van der Waals surface area contributed by atoms with Crippen LogP contribution in [0.25, 0.3) is 22.3 Å². The van der Waals surface area contributed by atoms with E-state index in [-0.39, 0.29) is 0 Å². The monoisotopic (exact) mass is 552 g/mol. The van der Waals surface area contributed by atoms with Crippen molar-refractivity contribution >= 4 is 28.9 Å². The fourth-order valence-corrected chi connectivity index (χ4v) is 5.26. The van der Waals surface area contributed by atoms with Crippen LogP contribution in [0.3, 0.4) is 0 Å². The van der Waals surface area contributed by atoms with Gasteiger partial charge in [0, 0.05) is 48.2 Å². The van der Waals surface area contributed by atoms with E-state index in [1.165, 1.54) is 0 Å². The van der Waals surface area contributed by atoms with Gasteiger partial charge in [-0.15, -0.1) is 0 Å². The zero-order valence-electron chi connectivity index (χ0n) is 24.5. The number of hydrogen-bond donors (Lipinski definition) is 3. The molecule has 210 valence electrons. The number of aliphatic carboxylic acids is 1. The van der Waals surface area contributed by atoms with Crippen LogP contribution >= 0.6 is 11.6 Å². The van der Waals surface area contributed by atoms with Crippen LogP contribution in [0.4, 0.5) is 11.4 Å². The second-order valence-corrected chi connectivity index (χ2v) is 11.3. The fraction of sp³-hybridized carbons (Fsp3) is 0.406. The van der Waals surface area contributed by atoms with Gasteiger partial charge in [0.15, 0.2) is 6.10 Å². The number of methoxy groups -OCH3 is 1. The van der Waals surface area contributed by atoms with Gasteiger partial charge in [0.05, 0.1) is 12.2 Å². The third-order valence-corrected chi connectivity index (χ3v) is 7.35. The Bertz CT molecular complexity index is 1360. The molecular formula is C32H41ClN2O4. The number of halogens is 1. The summed E-state index contributed by atoms with van der Waals surface area (Å²) >= 11 is 6.38. The SMILES string of the molecule is CNc1c(C)c(C(OC(C)(C)C)C(=O)O)c(-c2cccc(NCCOC)c2C)c(C)c1-c1ccc(Cl)c(C)c1. The minimum absolute atomic E-state index is 0.574. The molecule has 0 radical (unpaired) electrons. The maximum atomic E-state index is 12.8. The molecule has 3 N–H and O–H groups in total. The van der Waals surface area contributed by atoms with Crippen molar-refractivity contribution in [3.05, 3.63) is 69.2 Å². The van der Waals surface area contributed by atoms with E-state index >= 15 is 0 Å². The molecule has 1 atom stereocenters. The normalized spacial score (nSPS) is 12.4. The number of aryl methyl sites for hydroxylation is 1. The van der Waals surface area contributed by atoms with Gasteiger partial charge in [-0.05, 0) is 106 Å². The van der Waals surface area contributed by atoms with E-state index in [1.807, 2.05) is 72.0 Å². The van der Waals surface area contributed by atoms with E-state index in [0.717, 1.165) is 55.9 Å². The fourth-order valence-electron chi connectivity index (χ4n) is 5.14. The standard InChI is InChI=1S/C32H41ClN2O4/c1-18-17-22(13-14-24(18)33)26-20(3)27(23-11-10-12-25(19(23)2)35-15-16-38-9)28(21(4)29(26)34-8)30(31(36)37)39-32(5,6)7/h10-14,17,30,34-35H,15-16H2,1-9H3,(H,36,37). The zero-order valence-corrected chi connectivity index (χ0v) is 25.3. The first-order chi connectivity index (χ1) is 18.3. The van der Waals surface area contributed by atoms with Crippen LogP contribution < -0.4 is 10.6 Å². The largest absolute Gasteiger partial charge is 0.479 e. The summed E-state index contributed by atoms with van der Waals surface area (Å²) < 4.78 is 11.5. The van der Waals surface area contributed by atoms with Crippen LogP contribution in [0, 0.1) is 27.7 Å². The van der Waals surface area contributed by atoms with Crippen LogP contribution in [0.5, 0.6) is 0 Å². The lowest BCUT2D eigenvalue weighted by molar-refractivity contribution is -0.160. The molecule has 0 aliphatic rings. The summed E-state index contributed by atoms with van der Waals surface area (Å²) in [5.41, 5.74) is 9.40. The molecule has 3 aromatic carbocycles. The molecule has 1 unspecified atom stereocenters. The molecule has 0 aliphatic carbocycles. The second-order valence-electron chi connectivity index (χ2n) is 10.8. The van der Waals surface area contributed by atoms with Crippen molar-refractivity contribution in [2.24, 2.45) is 0 Å². The highest BCUT2D eigenvalue weighted by atomic mass is 35.5. The number of nitrogens with one attached hydrogen (secondary N) is 2. The highest BCUT2D eigenvalue weighted by molar-refractivity contribution is 6.31. The number of carboxylic acids is 1. The van der Waals surface area contributed by atoms with Gasteiger partial charge in [0.1, 0.15) is 0 Å². The molecule has 0 bridgehead atoms. The number of carbonyl (C=O) groups is 1. The summed E-state index contributed by atoms with van der Waals surface area (Å²) in [6, 6.07) is 12.1. The summed E-state index contributed by atoms with van der Waals surface area (Å²) in [6.07, 6.45) is -1.17. The highest BCUT2D eigenvalue weighted by Crippen LogP contribution is 2.48. The van der Waals surface area contributed by atoms with E-state index in [2.05, 4.69) is 30.5 Å². The number of anilines is 2. The van der Waals surface area contributed by atoms with Crippen LogP contribution in [-0.4, -0.2) is 44.0 Å². The lowest BCUT2D eigenvalue weighted by atomic mass is 9.81. The first-order valence-electron chi connectivity index (χ1n) is 13.2. The predicted octanol–water partition coefficient (Wildman–Crippen LogP) is 7.95. The van der Waals surface area contributed by atoms with Gasteiger partial charge < -0.3 is 25.2 Å². The lowest BCUT2D eigenvalue weighted by Crippen LogP contribution is -2.28. The number of benzene rings is 3. The molecule has 6 nitrogen and oxygen atoms in total. The summed E-state index contributed by atoms with van der Waals surface area (Å²) in [7, 11) is 3.54. The smallest absolute Gasteiger partial charge is 0.337 e. The molecule has 0 fully saturated rings. The number of ether oxygens (including phenoxy) is 2. The average Bonchev–Trinajstić information content (AvgIpc) is 2.86. The van der Waals surface area contributed by atoms with Crippen molar-refractivity contribution < 1.29 is 19.4 Å². The Morgan fingerprint density at radius 1 is 1.03 bits per heavy atom. The molecule has 0 amide bonds. The van der Waals surface area contributed by atoms with Gasteiger partial charge in [0.2, 0.25) is 0 Å². The summed E-state index contributed by atoms with van der Waals surface area (Å²) in [5.74, 6) is -1.03. The van der Waals surface area contributed by atoms with E-state index in [0.29, 0.717) is 23.7 Å². The Balaban J connectivity index is 2.47. The van der Waals surface area contributed by atoms with Gasteiger partial charge in [-0.2, -0.15) is 0 Å². The molecule has 0 spiro atoms. The van der Waals surface area contributed by atoms with Gasteiger partial charge in [-0.1, -0.05) is 29.8 Å². The van der Waals surface area contributed by atoms with E-state index in [1.54, 1.807) is 7.11 Å². The number of rotatable bonds is 10. The van der Waals surface area contributed by atoms with E-state index in [9.17, 15) is 9.90 Å². The van der Waals surface area contributed by atoms with E-state index < -0.39 is 17.7 Å². The molecule has 3 aromatic rings. The maximum absolute atomic E-state index is 12.8. The van der Waals surface area contributed by atoms with Gasteiger partial charge in [0.25, 0.3) is 0 Å². The molecule has 0 aromatic heterocycles. The molecule has 0 saturated carbocycles. The second kappa shape index (κ2) is 12.4. The quantitative estimate of drug-likeness (QED) is 0.221. The Labute approximate surface area is 237 Å². The van der Waals surface area contributed by atoms with Crippen LogP contribution in [-0.2, 0) is 14.3 Å². The molecule has 39 heavy (non-hydrogen) atoms. The van der Waals surface area contributed by atoms with Crippen molar-refractivity contribution in [1.29, 1.82) is 0 Å². The lowest BCUT2D eigenvalue weighted by Gasteiger charge is -2.31. The molecule has 0 heterocycles. The Morgan fingerprint density at radius 3 is 2.28 bits per heavy atom. The summed E-state index contributed by atoms with van der Waals surface area (Å²) in [5, 5.41) is 18.0. The van der Waals surface area contributed by atoms with Crippen molar-refractivity contribution in [3.8, 4) is 22.3 Å². The van der Waals surface area contributed by atoms with Gasteiger partial charge in [-0.25, -0.2) is 4.79 Å². The molecule has 0 saturated heterocycles. The molecular weight excluding hydrogens is 512 g/mol. The van der Waals surface area contributed by atoms with Crippen molar-refractivity contribution in [2.75, 3.05) is 37.9 Å². The van der Waals surface area contributed by atoms with Crippen molar-refractivity contribution in [3.63, 3.8) is 0 Å². The Hall–Kier alpha value is -3.06. The zero-order chi connectivity index (χ0) is 29.1. The van der Waals surface area contributed by atoms with Crippen LogP contribution in [0.1, 0.15) is 54.7 Å². The Morgan fingerprint density at radius 2 is 1.72 bits per heavy atom. The summed E-state index contributed by atoms with van der Waals surface area (Å²) in [6.45, 7) is 14.9. The molecule has 7 heteroatoms. The van der Waals surface area contributed by atoms with Gasteiger partial charge in [-0.3, -0.25) is 0 Å². The minimum atomic E-state index is -1.17. The Kier molecular flexibility index (Phi) is 9.70. The predicted molar refractivity (Wildman–Crippen MR) is 162 cm³/mol. The molecule has 0 aliphatic heterocycles. The van der Waals surface area contributed by atoms with Crippen LogP contribution in [0.2, 0.25) is 5.02 Å². The van der Waals surface area contributed by atoms with Crippen molar-refractivity contribution in [1.82, 2.24) is 0 Å². The first kappa shape index (κ1) is 30.5. The molecule has 3 rings (SSSR count). The third-order valence-electron chi connectivity index (χ3n) is 6.93. The minimum Gasteiger partial charge on any atom is -0.479 e. The number of hydrogen-bond acceptors (Lipinski definition) is 5. The third kappa shape index (κ3) is 6.57. The summed E-state index contributed by atoms with van der Waals surface area (Å²) in [4.78, 5) is 12.8. The van der Waals surface area contributed by atoms with Gasteiger partial charge >= 0.3 is 5.97 Å². The van der Waals surface area contributed by atoms with Crippen LogP contribution in [0.15, 0.2) is 36.4 Å². The topological polar surface area (TPSA) is 79.8 Å². The highest BCUT2D eigenvalue weighted by Gasteiger charge is 2.34. The maximum Gasteiger partial charge on any atom is 0.337 e. The number of carboxylic acid groups (broad SMARTS) is 1.